The van der Waals surface area contributed by atoms with Gasteiger partial charge in [-0.2, -0.15) is 0 Å². The van der Waals surface area contributed by atoms with Crippen molar-refractivity contribution in [1.82, 2.24) is 4.57 Å². The Balaban J connectivity index is 2.73. The van der Waals surface area contributed by atoms with Crippen LogP contribution in [0.5, 0.6) is 0 Å². The Morgan fingerprint density at radius 1 is 1.35 bits per heavy atom. The predicted molar refractivity (Wildman–Crippen MR) is 67.0 cm³/mol. The molecule has 0 saturated carbocycles. The summed E-state index contributed by atoms with van der Waals surface area (Å²) in [7, 11) is 1.85. The molecule has 3 N–H and O–H groups in total. The van der Waals surface area contributed by atoms with Crippen LogP contribution in [0.4, 0.5) is 0 Å². The number of hydrogen-bond donors (Lipinski definition) is 2. The normalized spacial score (nSPS) is 12.9. The number of nitrogens with two attached hydrogens (primary N) is 1. The molecule has 1 aromatic heterocycles. The van der Waals surface area contributed by atoms with Crippen molar-refractivity contribution in [3.63, 3.8) is 0 Å². The molecule has 1 atom stereocenters. The molecule has 1 aromatic carbocycles. The van der Waals surface area contributed by atoms with Crippen LogP contribution in [-0.2, 0) is 11.8 Å². The third kappa shape index (κ3) is 1.80. The summed E-state index contributed by atoms with van der Waals surface area (Å²) in [4.78, 5) is 10.9. The second-order valence-electron chi connectivity index (χ2n) is 4.46. The Labute approximate surface area is 99.7 Å². The first-order chi connectivity index (χ1) is 7.91. The zero-order valence-corrected chi connectivity index (χ0v) is 10.2. The summed E-state index contributed by atoms with van der Waals surface area (Å²) in [5.41, 5.74) is 9.63. The molecule has 4 heteroatoms. The van der Waals surface area contributed by atoms with E-state index in [9.17, 15) is 4.79 Å². The van der Waals surface area contributed by atoms with Gasteiger partial charge >= 0.3 is 5.97 Å². The number of aliphatic carboxylic acids is 1. The minimum atomic E-state index is -1.01. The summed E-state index contributed by atoms with van der Waals surface area (Å²) >= 11 is 0. The highest BCUT2D eigenvalue weighted by Crippen LogP contribution is 2.26. The molecule has 4 nitrogen and oxygen atoms in total. The molecule has 0 aliphatic rings. The van der Waals surface area contributed by atoms with Crippen LogP contribution >= 0.6 is 0 Å². The van der Waals surface area contributed by atoms with Gasteiger partial charge in [0.15, 0.2) is 0 Å². The van der Waals surface area contributed by atoms with Gasteiger partial charge in [0.25, 0.3) is 0 Å². The molecule has 0 fully saturated rings. The van der Waals surface area contributed by atoms with Crippen molar-refractivity contribution in [2.45, 2.75) is 19.9 Å². The van der Waals surface area contributed by atoms with E-state index in [0.29, 0.717) is 5.69 Å². The van der Waals surface area contributed by atoms with Crippen LogP contribution < -0.4 is 5.73 Å². The van der Waals surface area contributed by atoms with E-state index in [4.69, 9.17) is 10.8 Å². The van der Waals surface area contributed by atoms with Crippen molar-refractivity contribution in [1.29, 1.82) is 0 Å². The van der Waals surface area contributed by atoms with E-state index >= 15 is 0 Å². The fourth-order valence-electron chi connectivity index (χ4n) is 2.37. The van der Waals surface area contributed by atoms with Crippen molar-refractivity contribution in [3.05, 3.63) is 35.0 Å². The van der Waals surface area contributed by atoms with Gasteiger partial charge in [-0.05, 0) is 31.5 Å². The molecule has 1 heterocycles. The van der Waals surface area contributed by atoms with Crippen molar-refractivity contribution in [2.75, 3.05) is 0 Å². The molecule has 0 aliphatic carbocycles. The first-order valence-corrected chi connectivity index (χ1v) is 5.46. The number of aryl methyl sites for hydroxylation is 3. The summed E-state index contributed by atoms with van der Waals surface area (Å²) in [5.74, 6) is -1.01. The Bertz CT molecular complexity index is 599. The van der Waals surface area contributed by atoms with Crippen LogP contribution in [0.3, 0.4) is 0 Å². The number of carbonyl (C=O) groups is 1. The number of carboxylic acids is 1. The SMILES string of the molecule is Cc1cc(C)c2c(c1)cc(C(N)C(=O)O)n2C. The average molecular weight is 232 g/mol. The van der Waals surface area contributed by atoms with Gasteiger partial charge in [-0.25, -0.2) is 0 Å². The summed E-state index contributed by atoms with van der Waals surface area (Å²) in [6, 6.07) is 5.00. The van der Waals surface area contributed by atoms with Gasteiger partial charge in [0.05, 0.1) is 5.52 Å². The Morgan fingerprint density at radius 3 is 2.59 bits per heavy atom. The lowest BCUT2D eigenvalue weighted by Crippen LogP contribution is -2.22. The maximum atomic E-state index is 10.9. The Morgan fingerprint density at radius 2 is 2.00 bits per heavy atom. The summed E-state index contributed by atoms with van der Waals surface area (Å²) in [6.07, 6.45) is 0. The van der Waals surface area contributed by atoms with Gasteiger partial charge in [0, 0.05) is 18.1 Å². The lowest BCUT2D eigenvalue weighted by molar-refractivity contribution is -0.138. The zero-order valence-electron chi connectivity index (χ0n) is 10.2. The molecule has 0 radical (unpaired) electrons. The topological polar surface area (TPSA) is 68.2 Å². The van der Waals surface area contributed by atoms with Crippen molar-refractivity contribution < 1.29 is 9.90 Å². The number of benzene rings is 1. The van der Waals surface area contributed by atoms with Crippen LogP contribution in [0.2, 0.25) is 0 Å². The number of hydrogen-bond acceptors (Lipinski definition) is 2. The minimum Gasteiger partial charge on any atom is -0.480 e. The summed E-state index contributed by atoms with van der Waals surface area (Å²) < 4.78 is 1.86. The molecule has 0 spiro atoms. The quantitative estimate of drug-likeness (QED) is 0.830. The van der Waals surface area contributed by atoms with E-state index in [1.807, 2.05) is 37.6 Å². The van der Waals surface area contributed by atoms with Crippen LogP contribution in [0, 0.1) is 13.8 Å². The van der Waals surface area contributed by atoms with E-state index in [1.54, 1.807) is 0 Å². The minimum absolute atomic E-state index is 0.626. The van der Waals surface area contributed by atoms with Gasteiger partial charge in [-0.3, -0.25) is 4.79 Å². The lowest BCUT2D eigenvalue weighted by atomic mass is 10.1. The molecule has 90 valence electrons. The van der Waals surface area contributed by atoms with Gasteiger partial charge in [-0.1, -0.05) is 11.6 Å². The third-order valence-electron chi connectivity index (χ3n) is 3.09. The Hall–Kier alpha value is -1.81. The smallest absolute Gasteiger partial charge is 0.326 e. The molecule has 0 aliphatic heterocycles. The number of nitrogens with zero attached hydrogens (tertiary/aromatic N) is 1. The van der Waals surface area contributed by atoms with E-state index in [-0.39, 0.29) is 0 Å². The number of aromatic nitrogens is 1. The highest BCUT2D eigenvalue weighted by molar-refractivity contribution is 5.87. The van der Waals surface area contributed by atoms with Gasteiger partial charge < -0.3 is 15.4 Å². The van der Waals surface area contributed by atoms with Crippen LogP contribution in [0.25, 0.3) is 10.9 Å². The first kappa shape index (κ1) is 11.7. The van der Waals surface area contributed by atoms with Gasteiger partial charge in [-0.15, -0.1) is 0 Å². The van der Waals surface area contributed by atoms with Gasteiger partial charge in [0.2, 0.25) is 0 Å². The lowest BCUT2D eigenvalue weighted by Gasteiger charge is -2.09. The zero-order chi connectivity index (χ0) is 12.7. The summed E-state index contributed by atoms with van der Waals surface area (Å²) in [5, 5.41) is 10.0. The predicted octanol–water partition coefficient (Wildman–Crippen LogP) is 1.88. The van der Waals surface area contributed by atoms with E-state index < -0.39 is 12.0 Å². The third-order valence-corrected chi connectivity index (χ3v) is 3.09. The second-order valence-corrected chi connectivity index (χ2v) is 4.46. The van der Waals surface area contributed by atoms with Crippen LogP contribution in [-0.4, -0.2) is 15.6 Å². The summed E-state index contributed by atoms with van der Waals surface area (Å²) in [6.45, 7) is 4.04. The monoisotopic (exact) mass is 232 g/mol. The van der Waals surface area contributed by atoms with Gasteiger partial charge in [0.1, 0.15) is 6.04 Å². The molecule has 17 heavy (non-hydrogen) atoms. The molecule has 1 unspecified atom stereocenters. The second kappa shape index (κ2) is 3.89. The van der Waals surface area contributed by atoms with Crippen LogP contribution in [0.1, 0.15) is 22.9 Å². The first-order valence-electron chi connectivity index (χ1n) is 5.46. The number of fused-ring (bicyclic) bond motifs is 1. The van der Waals surface area contributed by atoms with Crippen molar-refractivity contribution in [3.8, 4) is 0 Å². The van der Waals surface area contributed by atoms with Crippen molar-refractivity contribution >= 4 is 16.9 Å². The molecular formula is C13H16N2O2. The van der Waals surface area contributed by atoms with Crippen molar-refractivity contribution in [2.24, 2.45) is 12.8 Å². The maximum absolute atomic E-state index is 10.9. The van der Waals surface area contributed by atoms with E-state index in [1.165, 1.54) is 0 Å². The molecule has 2 rings (SSSR count). The average Bonchev–Trinajstić information content (AvgIpc) is 2.54. The van der Waals surface area contributed by atoms with E-state index in [2.05, 4.69) is 6.07 Å². The largest absolute Gasteiger partial charge is 0.480 e. The molecule has 0 saturated heterocycles. The maximum Gasteiger partial charge on any atom is 0.326 e. The van der Waals surface area contributed by atoms with Crippen LogP contribution in [0.15, 0.2) is 18.2 Å². The highest BCUT2D eigenvalue weighted by Gasteiger charge is 2.19. The fraction of sp³-hybridized carbons (Fsp3) is 0.308. The molecule has 2 aromatic rings. The fourth-order valence-corrected chi connectivity index (χ4v) is 2.37. The highest BCUT2D eigenvalue weighted by atomic mass is 16.4. The van der Waals surface area contributed by atoms with E-state index in [0.717, 1.165) is 22.0 Å². The molecule has 0 amide bonds. The Kier molecular flexibility index (Phi) is 2.67. The molecular weight excluding hydrogens is 216 g/mol. The standard InChI is InChI=1S/C13H16N2O2/c1-7-4-8(2)12-9(5-7)6-10(15(12)3)11(14)13(16)17/h4-6,11H,14H2,1-3H3,(H,16,17). The number of carboxylic acid groups (broad SMARTS) is 1. The molecule has 0 bridgehead atoms. The number of rotatable bonds is 2.